The Labute approximate surface area is 98.5 Å². The number of hydrogen-bond donors (Lipinski definition) is 0. The summed E-state index contributed by atoms with van der Waals surface area (Å²) in [4.78, 5) is 0. The van der Waals surface area contributed by atoms with Crippen LogP contribution in [0.15, 0.2) is 60.7 Å². The Hall–Kier alpha value is -1.30. The van der Waals surface area contributed by atoms with E-state index in [9.17, 15) is 0 Å². The zero-order chi connectivity index (χ0) is 10.5. The first-order chi connectivity index (χ1) is 7.36. The van der Waals surface area contributed by atoms with Crippen molar-refractivity contribution in [3.05, 3.63) is 71.8 Å². The van der Waals surface area contributed by atoms with Crippen LogP contribution < -0.4 is 0 Å². The molecule has 1 heteroatoms. The second-order valence-electron chi connectivity index (χ2n) is 3.31. The molecular weight excluding hydrogens is 247 g/mol. The molecule has 0 nitrogen and oxygen atoms in total. The topological polar surface area (TPSA) is 0 Å². The van der Waals surface area contributed by atoms with Gasteiger partial charge in [0.05, 0.1) is 0 Å². The molecule has 0 saturated heterocycles. The van der Waals surface area contributed by atoms with E-state index < -0.39 is 0 Å². The van der Waals surface area contributed by atoms with Gasteiger partial charge >= 0.3 is 98.4 Å². The molecule has 2 aromatic carbocycles. The zero-order valence-corrected chi connectivity index (χ0v) is 10.2. The van der Waals surface area contributed by atoms with Gasteiger partial charge in [0.25, 0.3) is 0 Å². The summed E-state index contributed by atoms with van der Waals surface area (Å²) < 4.78 is 1.23. The molecule has 0 fully saturated rings. The van der Waals surface area contributed by atoms with Crippen molar-refractivity contribution in [1.29, 1.82) is 0 Å². The molecule has 0 bridgehead atoms. The van der Waals surface area contributed by atoms with Crippen LogP contribution in [-0.2, 0) is 0 Å². The fraction of sp³-hybridized carbons (Fsp3) is 0. The molecule has 0 spiro atoms. The van der Waals surface area contributed by atoms with Gasteiger partial charge in [0.2, 0.25) is 0 Å². The van der Waals surface area contributed by atoms with Crippen molar-refractivity contribution in [2.75, 3.05) is 0 Å². The number of benzene rings is 2. The third-order valence-electron chi connectivity index (χ3n) is 2.17. The van der Waals surface area contributed by atoms with Crippen molar-refractivity contribution in [3.8, 4) is 0 Å². The minimum absolute atomic E-state index is 1.23. The first kappa shape index (κ1) is 10.2. The third kappa shape index (κ3) is 2.82. The molecule has 0 radical (unpaired) electrons. The van der Waals surface area contributed by atoms with Gasteiger partial charge in [0.1, 0.15) is 0 Å². The predicted octanol–water partition coefficient (Wildman–Crippen LogP) is 3.09. The predicted molar refractivity (Wildman–Crippen MR) is 67.9 cm³/mol. The summed E-state index contributed by atoms with van der Waals surface area (Å²) in [5.74, 6) is 0. The summed E-state index contributed by atoms with van der Waals surface area (Å²) in [7, 11) is 0. The van der Waals surface area contributed by atoms with E-state index in [1.54, 1.807) is 0 Å². The molecule has 0 aliphatic carbocycles. The Kier molecular flexibility index (Phi) is 3.39. The van der Waals surface area contributed by atoms with Gasteiger partial charge < -0.3 is 0 Å². The third-order valence-corrected chi connectivity index (χ3v) is 2.99. The average molecular weight is 259 g/mol. The average Bonchev–Trinajstić information content (AvgIpc) is 2.31. The molecule has 0 atom stereocenters. The van der Waals surface area contributed by atoms with Gasteiger partial charge in [0.15, 0.2) is 0 Å². The van der Waals surface area contributed by atoms with Crippen molar-refractivity contribution < 1.29 is 0 Å². The Morgan fingerprint density at radius 1 is 0.800 bits per heavy atom. The maximum atomic E-state index is 2.62. The zero-order valence-electron chi connectivity index (χ0n) is 8.30. The van der Waals surface area contributed by atoms with Gasteiger partial charge in [-0.05, 0) is 0 Å². The Morgan fingerprint density at radius 3 is 1.93 bits per heavy atom. The summed E-state index contributed by atoms with van der Waals surface area (Å²) in [5, 5.41) is 0. The summed E-state index contributed by atoms with van der Waals surface area (Å²) in [5.41, 5.74) is 2.48. The SMILES string of the molecule is [SeH]C(=Cc1ccccc1)c1ccccc1. The van der Waals surface area contributed by atoms with Crippen LogP contribution >= 0.6 is 0 Å². The summed E-state index contributed by atoms with van der Waals surface area (Å²) >= 11 is 2.62. The molecule has 0 aliphatic heterocycles. The van der Waals surface area contributed by atoms with E-state index in [2.05, 4.69) is 70.6 Å². The van der Waals surface area contributed by atoms with E-state index in [4.69, 9.17) is 0 Å². The van der Waals surface area contributed by atoms with Gasteiger partial charge in [-0.1, -0.05) is 0 Å². The molecule has 2 aromatic rings. The van der Waals surface area contributed by atoms with Crippen LogP contribution in [0.4, 0.5) is 0 Å². The van der Waals surface area contributed by atoms with Crippen molar-refractivity contribution >= 4 is 26.6 Å². The molecule has 0 aromatic heterocycles. The normalized spacial score (nSPS) is 11.4. The van der Waals surface area contributed by atoms with Crippen LogP contribution in [0, 0.1) is 0 Å². The molecule has 0 saturated carbocycles. The van der Waals surface area contributed by atoms with Crippen molar-refractivity contribution in [3.63, 3.8) is 0 Å². The molecule has 0 unspecified atom stereocenters. The summed E-state index contributed by atoms with van der Waals surface area (Å²) in [6, 6.07) is 20.7. The first-order valence-corrected chi connectivity index (χ1v) is 5.81. The monoisotopic (exact) mass is 260 g/mol. The van der Waals surface area contributed by atoms with Gasteiger partial charge in [-0.25, -0.2) is 0 Å². The Bertz CT molecular complexity index is 443. The molecule has 0 heterocycles. The van der Waals surface area contributed by atoms with Crippen molar-refractivity contribution in [2.24, 2.45) is 0 Å². The van der Waals surface area contributed by atoms with Crippen molar-refractivity contribution in [2.45, 2.75) is 0 Å². The Morgan fingerprint density at radius 2 is 1.33 bits per heavy atom. The van der Waals surface area contributed by atoms with E-state index >= 15 is 0 Å². The van der Waals surface area contributed by atoms with E-state index in [-0.39, 0.29) is 0 Å². The van der Waals surface area contributed by atoms with Crippen LogP contribution in [0.5, 0.6) is 0 Å². The first-order valence-electron chi connectivity index (χ1n) is 4.87. The summed E-state index contributed by atoms with van der Waals surface area (Å²) in [6.07, 6.45) is 2.18. The number of rotatable bonds is 2. The molecule has 0 aliphatic rings. The van der Waals surface area contributed by atoms with E-state index in [0.717, 1.165) is 0 Å². The molecule has 0 N–H and O–H groups in total. The molecule has 15 heavy (non-hydrogen) atoms. The molecule has 74 valence electrons. The van der Waals surface area contributed by atoms with Crippen LogP contribution in [0.2, 0.25) is 0 Å². The quantitative estimate of drug-likeness (QED) is 0.574. The van der Waals surface area contributed by atoms with E-state index in [1.807, 2.05) is 12.1 Å². The second-order valence-corrected chi connectivity index (χ2v) is 4.32. The van der Waals surface area contributed by atoms with E-state index in [0.29, 0.717) is 0 Å². The minimum atomic E-state index is 1.23. The van der Waals surface area contributed by atoms with Crippen LogP contribution in [-0.4, -0.2) is 16.0 Å². The van der Waals surface area contributed by atoms with Gasteiger partial charge in [-0.3, -0.25) is 0 Å². The van der Waals surface area contributed by atoms with Gasteiger partial charge in [0, 0.05) is 0 Å². The Balaban J connectivity index is 2.29. The van der Waals surface area contributed by atoms with Crippen LogP contribution in [0.25, 0.3) is 10.5 Å². The van der Waals surface area contributed by atoms with Crippen molar-refractivity contribution in [1.82, 2.24) is 0 Å². The molecule has 0 amide bonds. The molecule has 2 rings (SSSR count). The van der Waals surface area contributed by atoms with Crippen LogP contribution in [0.1, 0.15) is 11.1 Å². The van der Waals surface area contributed by atoms with Crippen LogP contribution in [0.3, 0.4) is 0 Å². The standard InChI is InChI=1S/C14H12Se/c15-14(13-9-5-2-6-10-13)11-12-7-3-1-4-8-12/h1-11,15H. The van der Waals surface area contributed by atoms with Gasteiger partial charge in [-0.2, -0.15) is 0 Å². The maximum absolute atomic E-state index is 2.62. The molecular formula is C14H12Se. The second kappa shape index (κ2) is 4.97. The van der Waals surface area contributed by atoms with E-state index in [1.165, 1.54) is 15.6 Å². The number of hydrogen-bond acceptors (Lipinski definition) is 0. The fourth-order valence-electron chi connectivity index (χ4n) is 1.40. The summed E-state index contributed by atoms with van der Waals surface area (Å²) in [6.45, 7) is 0. The van der Waals surface area contributed by atoms with Gasteiger partial charge in [-0.15, -0.1) is 0 Å². The fourth-order valence-corrected chi connectivity index (χ4v) is 2.02.